The van der Waals surface area contributed by atoms with Gasteiger partial charge in [0.05, 0.1) is 17.4 Å². The molecule has 9 heteroatoms. The summed E-state index contributed by atoms with van der Waals surface area (Å²) in [5.74, 6) is -0.191. The standard InChI is InChI=1S/C24H31FN4O4/c1-15-12-26-16(2)14-33-21-10-9-17(11-18(21)23(30)29(3)13-22(15)32-4)27-24(31)28-20-8-6-5-7-19(20)25/h5-11,15-16,22,26H,12-14H2,1-4H3,(H2,27,28,31)/t15-,16-,22+/m0/s1. The van der Waals surface area contributed by atoms with Crippen molar-refractivity contribution in [1.29, 1.82) is 0 Å². The normalized spacial score (nSPS) is 21.8. The summed E-state index contributed by atoms with van der Waals surface area (Å²) in [5, 5.41) is 8.54. The summed E-state index contributed by atoms with van der Waals surface area (Å²) in [6.45, 7) is 5.59. The number of carbonyl (C=O) groups excluding carboxylic acids is 2. The van der Waals surface area contributed by atoms with Crippen LogP contribution in [0.3, 0.4) is 0 Å². The molecular weight excluding hydrogens is 427 g/mol. The molecule has 1 aliphatic rings. The van der Waals surface area contributed by atoms with Crippen molar-refractivity contribution >= 4 is 23.3 Å². The number of nitrogens with zero attached hydrogens (tertiary/aromatic N) is 1. The fourth-order valence-corrected chi connectivity index (χ4v) is 3.59. The van der Waals surface area contributed by atoms with E-state index in [9.17, 15) is 14.0 Å². The fourth-order valence-electron chi connectivity index (χ4n) is 3.59. The lowest BCUT2D eigenvalue weighted by molar-refractivity contribution is 0.0281. The van der Waals surface area contributed by atoms with Gasteiger partial charge in [-0.25, -0.2) is 9.18 Å². The lowest BCUT2D eigenvalue weighted by Gasteiger charge is -2.30. The van der Waals surface area contributed by atoms with Crippen molar-refractivity contribution in [3.8, 4) is 5.75 Å². The lowest BCUT2D eigenvalue weighted by Crippen LogP contribution is -2.44. The molecule has 8 nitrogen and oxygen atoms in total. The predicted octanol–water partition coefficient (Wildman–Crippen LogP) is 3.56. The van der Waals surface area contributed by atoms with E-state index in [4.69, 9.17) is 9.47 Å². The van der Waals surface area contributed by atoms with Gasteiger partial charge in [-0.15, -0.1) is 0 Å². The minimum atomic E-state index is -0.624. The van der Waals surface area contributed by atoms with E-state index in [-0.39, 0.29) is 29.7 Å². The van der Waals surface area contributed by atoms with Gasteiger partial charge in [0.25, 0.3) is 5.91 Å². The van der Waals surface area contributed by atoms with Gasteiger partial charge in [-0.3, -0.25) is 4.79 Å². The maximum atomic E-state index is 13.8. The summed E-state index contributed by atoms with van der Waals surface area (Å²) in [5.41, 5.74) is 0.751. The quantitative estimate of drug-likeness (QED) is 0.654. The number of para-hydroxylation sites is 1. The Morgan fingerprint density at radius 3 is 2.70 bits per heavy atom. The predicted molar refractivity (Wildman–Crippen MR) is 125 cm³/mol. The van der Waals surface area contributed by atoms with E-state index in [2.05, 4.69) is 22.9 Å². The first-order chi connectivity index (χ1) is 15.8. The van der Waals surface area contributed by atoms with Crippen LogP contribution >= 0.6 is 0 Å². The Kier molecular flexibility index (Phi) is 8.24. The molecular formula is C24H31FN4O4. The van der Waals surface area contributed by atoms with E-state index in [1.807, 2.05) is 6.92 Å². The van der Waals surface area contributed by atoms with E-state index >= 15 is 0 Å². The number of urea groups is 1. The zero-order valence-corrected chi connectivity index (χ0v) is 19.4. The van der Waals surface area contributed by atoms with Crippen molar-refractivity contribution < 1.29 is 23.5 Å². The molecule has 3 amide bonds. The van der Waals surface area contributed by atoms with Crippen LogP contribution in [0.15, 0.2) is 42.5 Å². The van der Waals surface area contributed by atoms with E-state index in [1.54, 1.807) is 43.3 Å². The van der Waals surface area contributed by atoms with Crippen LogP contribution in [0.25, 0.3) is 0 Å². The maximum Gasteiger partial charge on any atom is 0.323 e. The fraction of sp³-hybridized carbons (Fsp3) is 0.417. The van der Waals surface area contributed by atoms with Crippen molar-refractivity contribution in [3.63, 3.8) is 0 Å². The minimum absolute atomic E-state index is 0.0571. The Labute approximate surface area is 193 Å². The van der Waals surface area contributed by atoms with Crippen LogP contribution in [-0.4, -0.2) is 62.8 Å². The zero-order valence-electron chi connectivity index (χ0n) is 19.4. The highest BCUT2D eigenvalue weighted by Gasteiger charge is 2.25. The molecule has 0 saturated carbocycles. The number of fused-ring (bicyclic) bond motifs is 1. The van der Waals surface area contributed by atoms with E-state index in [0.29, 0.717) is 30.2 Å². The molecule has 0 saturated heterocycles. The number of benzene rings is 2. The first-order valence-electron chi connectivity index (χ1n) is 10.9. The number of hydrogen-bond acceptors (Lipinski definition) is 5. The zero-order chi connectivity index (χ0) is 24.0. The number of carbonyl (C=O) groups is 2. The third-order valence-corrected chi connectivity index (χ3v) is 5.60. The Morgan fingerprint density at radius 1 is 1.21 bits per heavy atom. The topological polar surface area (TPSA) is 91.9 Å². The smallest absolute Gasteiger partial charge is 0.323 e. The van der Waals surface area contributed by atoms with Gasteiger partial charge < -0.3 is 30.3 Å². The van der Waals surface area contributed by atoms with Gasteiger partial charge >= 0.3 is 6.03 Å². The molecule has 0 spiro atoms. The molecule has 2 aromatic carbocycles. The number of hydrogen-bond donors (Lipinski definition) is 3. The third kappa shape index (κ3) is 6.43. The highest BCUT2D eigenvalue weighted by molar-refractivity contribution is 6.02. The summed E-state index contributed by atoms with van der Waals surface area (Å²) < 4.78 is 25.4. The number of ether oxygens (including phenoxy) is 2. The highest BCUT2D eigenvalue weighted by Crippen LogP contribution is 2.26. The average molecular weight is 459 g/mol. The summed E-state index contributed by atoms with van der Waals surface area (Å²) in [6.07, 6.45) is -0.143. The second kappa shape index (κ2) is 11.1. The summed E-state index contributed by atoms with van der Waals surface area (Å²) in [6, 6.07) is 10.2. The summed E-state index contributed by atoms with van der Waals surface area (Å²) >= 11 is 0. The van der Waals surface area contributed by atoms with Crippen LogP contribution < -0.4 is 20.7 Å². The van der Waals surface area contributed by atoms with Crippen LogP contribution in [0.2, 0.25) is 0 Å². The van der Waals surface area contributed by atoms with E-state index in [0.717, 1.165) is 6.54 Å². The average Bonchev–Trinajstić information content (AvgIpc) is 2.80. The molecule has 0 unspecified atom stereocenters. The van der Waals surface area contributed by atoms with Crippen molar-refractivity contribution in [2.75, 3.05) is 44.5 Å². The molecule has 0 bridgehead atoms. The summed E-state index contributed by atoms with van der Waals surface area (Å²) in [7, 11) is 3.35. The second-order valence-electron chi connectivity index (χ2n) is 8.33. The van der Waals surface area contributed by atoms with Crippen molar-refractivity contribution in [1.82, 2.24) is 10.2 Å². The Bertz CT molecular complexity index is 987. The monoisotopic (exact) mass is 458 g/mol. The molecule has 0 fully saturated rings. The largest absolute Gasteiger partial charge is 0.491 e. The molecule has 178 valence electrons. The van der Waals surface area contributed by atoms with E-state index in [1.165, 1.54) is 18.2 Å². The van der Waals surface area contributed by atoms with Gasteiger partial charge in [-0.1, -0.05) is 19.1 Å². The van der Waals surface area contributed by atoms with Gasteiger partial charge in [0.1, 0.15) is 18.2 Å². The van der Waals surface area contributed by atoms with Gasteiger partial charge in [0.15, 0.2) is 0 Å². The lowest BCUT2D eigenvalue weighted by atomic mass is 10.0. The van der Waals surface area contributed by atoms with Crippen LogP contribution in [0, 0.1) is 11.7 Å². The van der Waals surface area contributed by atoms with Crippen molar-refractivity contribution in [3.05, 3.63) is 53.8 Å². The Balaban J connectivity index is 1.83. The SMILES string of the molecule is CO[C@@H]1CN(C)C(=O)c2cc(NC(=O)Nc3ccccc3F)ccc2OC[C@H](C)NC[C@@H]1C. The van der Waals surface area contributed by atoms with Gasteiger partial charge in [0, 0.05) is 39.0 Å². The molecule has 0 radical (unpaired) electrons. The van der Waals surface area contributed by atoms with Crippen LogP contribution in [0.1, 0.15) is 24.2 Å². The third-order valence-electron chi connectivity index (χ3n) is 5.60. The molecule has 33 heavy (non-hydrogen) atoms. The molecule has 0 aliphatic carbocycles. The number of halogens is 1. The number of amides is 3. The van der Waals surface area contributed by atoms with E-state index < -0.39 is 11.8 Å². The second-order valence-corrected chi connectivity index (χ2v) is 8.33. The van der Waals surface area contributed by atoms with Gasteiger partial charge in [-0.05, 0) is 43.2 Å². The molecule has 1 heterocycles. The molecule has 3 rings (SSSR count). The number of rotatable bonds is 3. The van der Waals surface area contributed by atoms with Gasteiger partial charge in [0.2, 0.25) is 0 Å². The number of anilines is 2. The number of methoxy groups -OCH3 is 1. The highest BCUT2D eigenvalue weighted by atomic mass is 19.1. The molecule has 2 aromatic rings. The Hall–Kier alpha value is -3.17. The molecule has 3 N–H and O–H groups in total. The number of likely N-dealkylation sites (N-methyl/N-ethyl adjacent to an activating group) is 1. The van der Waals surface area contributed by atoms with Gasteiger partial charge in [-0.2, -0.15) is 0 Å². The first-order valence-corrected chi connectivity index (χ1v) is 10.9. The van der Waals surface area contributed by atoms with Crippen LogP contribution in [0.5, 0.6) is 5.75 Å². The maximum absolute atomic E-state index is 13.8. The van der Waals surface area contributed by atoms with Crippen molar-refractivity contribution in [2.45, 2.75) is 26.0 Å². The summed E-state index contributed by atoms with van der Waals surface area (Å²) in [4.78, 5) is 27.2. The molecule has 0 aromatic heterocycles. The molecule has 3 atom stereocenters. The number of nitrogens with one attached hydrogen (secondary N) is 3. The van der Waals surface area contributed by atoms with Crippen LogP contribution in [0.4, 0.5) is 20.6 Å². The molecule has 1 aliphatic heterocycles. The minimum Gasteiger partial charge on any atom is -0.491 e. The Morgan fingerprint density at radius 2 is 1.97 bits per heavy atom. The first kappa shape index (κ1) is 24.5. The van der Waals surface area contributed by atoms with Crippen molar-refractivity contribution in [2.24, 2.45) is 5.92 Å². The van der Waals surface area contributed by atoms with Crippen LogP contribution in [-0.2, 0) is 4.74 Å².